The zero-order chi connectivity index (χ0) is 10.7. The second-order valence-corrected chi connectivity index (χ2v) is 2.86. The van der Waals surface area contributed by atoms with E-state index in [1.165, 1.54) is 13.0 Å². The highest BCUT2D eigenvalue weighted by Gasteiger charge is 2.15. The van der Waals surface area contributed by atoms with Crippen molar-refractivity contribution in [3.63, 3.8) is 0 Å². The second kappa shape index (κ2) is 4.01. The monoisotopic (exact) mass is 198 g/mol. The van der Waals surface area contributed by atoms with Gasteiger partial charge in [0.05, 0.1) is 18.1 Å². The maximum absolute atomic E-state index is 12.3. The Kier molecular flexibility index (Phi) is 2.97. The lowest BCUT2D eigenvalue weighted by Gasteiger charge is -2.04. The van der Waals surface area contributed by atoms with Crippen molar-refractivity contribution in [3.05, 3.63) is 33.2 Å². The molecule has 0 aromatic carbocycles. The molecular weight excluding hydrogens is 190 g/mol. The van der Waals surface area contributed by atoms with Crippen molar-refractivity contribution in [2.24, 2.45) is 0 Å². The maximum atomic E-state index is 12.3. The molecule has 1 N–H and O–H groups in total. The minimum absolute atomic E-state index is 0.0135. The summed E-state index contributed by atoms with van der Waals surface area (Å²) in [5.74, 6) is 0. The van der Waals surface area contributed by atoms with Crippen molar-refractivity contribution in [1.29, 1.82) is 5.26 Å². The lowest BCUT2D eigenvalue weighted by molar-refractivity contribution is 0.149. The summed E-state index contributed by atoms with van der Waals surface area (Å²) in [5, 5.41) is 8.36. The van der Waals surface area contributed by atoms with Crippen molar-refractivity contribution in [3.8, 4) is 6.07 Å². The molecule has 0 saturated heterocycles. The van der Waals surface area contributed by atoms with Crippen LogP contribution < -0.4 is 5.56 Å². The average molecular weight is 198 g/mol. The molecule has 1 aromatic rings. The van der Waals surface area contributed by atoms with E-state index in [4.69, 9.17) is 5.26 Å². The molecule has 0 bridgehead atoms. The smallest absolute Gasteiger partial charge is 0.269 e. The van der Waals surface area contributed by atoms with E-state index in [0.717, 1.165) is 0 Å². The lowest BCUT2D eigenvalue weighted by atomic mass is 10.1. The third-order valence-electron chi connectivity index (χ3n) is 1.82. The second-order valence-electron chi connectivity index (χ2n) is 2.86. The van der Waals surface area contributed by atoms with Gasteiger partial charge in [-0.25, -0.2) is 8.78 Å². The van der Waals surface area contributed by atoms with Crippen LogP contribution in [0, 0.1) is 18.3 Å². The van der Waals surface area contributed by atoms with E-state index in [1.54, 1.807) is 0 Å². The van der Waals surface area contributed by atoms with E-state index in [2.05, 4.69) is 4.98 Å². The molecule has 1 rings (SSSR count). The molecule has 0 unspecified atom stereocenters. The maximum Gasteiger partial charge on any atom is 0.269 e. The first kappa shape index (κ1) is 10.4. The first-order valence-corrected chi connectivity index (χ1v) is 3.94. The zero-order valence-electron chi connectivity index (χ0n) is 7.47. The Morgan fingerprint density at radius 3 is 2.71 bits per heavy atom. The molecule has 5 heteroatoms. The van der Waals surface area contributed by atoms with Crippen LogP contribution in [0.25, 0.3) is 0 Å². The predicted octanol–water partition coefficient (Wildman–Crippen LogP) is 1.69. The molecule has 1 aromatic heterocycles. The number of aromatic nitrogens is 1. The summed E-state index contributed by atoms with van der Waals surface area (Å²) in [7, 11) is 0. The molecule has 0 fully saturated rings. The van der Waals surface area contributed by atoms with E-state index < -0.39 is 17.5 Å². The number of aromatic amines is 1. The SMILES string of the molecule is Cc1cc(CC#N)[nH]c(=O)c1C(F)F. The summed E-state index contributed by atoms with van der Waals surface area (Å²) in [5.41, 5.74) is -0.759. The highest BCUT2D eigenvalue weighted by Crippen LogP contribution is 2.18. The van der Waals surface area contributed by atoms with Gasteiger partial charge < -0.3 is 4.98 Å². The van der Waals surface area contributed by atoms with Gasteiger partial charge in [-0.2, -0.15) is 5.26 Å². The van der Waals surface area contributed by atoms with Crippen LogP contribution >= 0.6 is 0 Å². The Bertz CT molecular complexity index is 431. The van der Waals surface area contributed by atoms with Gasteiger partial charge >= 0.3 is 0 Å². The first-order valence-electron chi connectivity index (χ1n) is 3.94. The largest absolute Gasteiger partial charge is 0.325 e. The minimum atomic E-state index is -2.78. The van der Waals surface area contributed by atoms with E-state index >= 15 is 0 Å². The van der Waals surface area contributed by atoms with Crippen LogP contribution in [0.2, 0.25) is 0 Å². The fraction of sp³-hybridized carbons (Fsp3) is 0.333. The molecular formula is C9H8F2N2O. The molecule has 0 spiro atoms. The number of pyridine rings is 1. The average Bonchev–Trinajstić information content (AvgIpc) is 2.01. The summed E-state index contributed by atoms with van der Waals surface area (Å²) in [6.45, 7) is 1.43. The van der Waals surface area contributed by atoms with E-state index in [0.29, 0.717) is 5.69 Å². The van der Waals surface area contributed by atoms with Crippen molar-refractivity contribution >= 4 is 0 Å². The third kappa shape index (κ3) is 1.96. The van der Waals surface area contributed by atoms with Crippen LogP contribution in [-0.4, -0.2) is 4.98 Å². The van der Waals surface area contributed by atoms with Gasteiger partial charge in [-0.05, 0) is 18.6 Å². The van der Waals surface area contributed by atoms with Crippen molar-refractivity contribution in [2.75, 3.05) is 0 Å². The molecule has 74 valence electrons. The van der Waals surface area contributed by atoms with Gasteiger partial charge in [0.2, 0.25) is 0 Å². The number of H-pyrrole nitrogens is 1. The first-order chi connectivity index (χ1) is 6.56. The summed E-state index contributed by atoms with van der Waals surface area (Å²) >= 11 is 0. The molecule has 0 saturated carbocycles. The molecule has 0 atom stereocenters. The van der Waals surface area contributed by atoms with E-state index in [1.807, 2.05) is 6.07 Å². The van der Waals surface area contributed by atoms with E-state index in [-0.39, 0.29) is 12.0 Å². The van der Waals surface area contributed by atoms with Crippen molar-refractivity contribution in [2.45, 2.75) is 19.8 Å². The normalized spacial score (nSPS) is 10.2. The van der Waals surface area contributed by atoms with Crippen LogP contribution in [0.4, 0.5) is 8.78 Å². The Morgan fingerprint density at radius 2 is 2.29 bits per heavy atom. The highest BCUT2D eigenvalue weighted by molar-refractivity contribution is 5.27. The fourth-order valence-corrected chi connectivity index (χ4v) is 1.22. The van der Waals surface area contributed by atoms with Crippen LogP contribution in [-0.2, 0) is 6.42 Å². The van der Waals surface area contributed by atoms with Crippen LogP contribution in [0.15, 0.2) is 10.9 Å². The summed E-state index contributed by atoms with van der Waals surface area (Å²) < 4.78 is 24.6. The minimum Gasteiger partial charge on any atom is -0.325 e. The molecule has 14 heavy (non-hydrogen) atoms. The number of rotatable bonds is 2. The van der Waals surface area contributed by atoms with Gasteiger partial charge in [0, 0.05) is 5.69 Å². The molecule has 0 amide bonds. The molecule has 3 nitrogen and oxygen atoms in total. The molecule has 1 heterocycles. The number of halogens is 2. The number of nitrogens with one attached hydrogen (secondary N) is 1. The van der Waals surface area contributed by atoms with Crippen LogP contribution in [0.3, 0.4) is 0 Å². The number of nitriles is 1. The lowest BCUT2D eigenvalue weighted by Crippen LogP contribution is -2.16. The Balaban J connectivity index is 3.27. The molecule has 0 radical (unpaired) electrons. The van der Waals surface area contributed by atoms with Gasteiger partial charge in [-0.15, -0.1) is 0 Å². The summed E-state index contributed by atoms with van der Waals surface area (Å²) in [6, 6.07) is 3.22. The number of hydrogen-bond donors (Lipinski definition) is 1. The van der Waals surface area contributed by atoms with Gasteiger partial charge in [-0.1, -0.05) is 0 Å². The Hall–Kier alpha value is -1.70. The summed E-state index contributed by atoms with van der Waals surface area (Å²) in [4.78, 5) is 13.4. The third-order valence-corrected chi connectivity index (χ3v) is 1.82. The standard InChI is InChI=1S/C9H8F2N2O/c1-5-4-6(2-3-12)13-9(14)7(5)8(10)11/h4,8H,2H2,1H3,(H,13,14). The van der Waals surface area contributed by atoms with E-state index in [9.17, 15) is 13.6 Å². The number of alkyl halides is 2. The quantitative estimate of drug-likeness (QED) is 0.786. The number of aryl methyl sites for hydroxylation is 1. The van der Waals surface area contributed by atoms with Gasteiger partial charge in [-0.3, -0.25) is 4.79 Å². The topological polar surface area (TPSA) is 56.6 Å². The number of hydrogen-bond acceptors (Lipinski definition) is 2. The predicted molar refractivity (Wildman–Crippen MR) is 46.1 cm³/mol. The molecule has 0 aliphatic heterocycles. The molecule has 0 aliphatic carbocycles. The van der Waals surface area contributed by atoms with Gasteiger partial charge in [0.15, 0.2) is 0 Å². The summed E-state index contributed by atoms with van der Waals surface area (Å²) in [6.07, 6.45) is -2.77. The van der Waals surface area contributed by atoms with Crippen LogP contribution in [0.1, 0.15) is 23.2 Å². The van der Waals surface area contributed by atoms with Gasteiger partial charge in [0.25, 0.3) is 12.0 Å². The fourth-order valence-electron chi connectivity index (χ4n) is 1.22. The van der Waals surface area contributed by atoms with Gasteiger partial charge in [0.1, 0.15) is 0 Å². The molecule has 0 aliphatic rings. The van der Waals surface area contributed by atoms with Crippen LogP contribution in [0.5, 0.6) is 0 Å². The Morgan fingerprint density at radius 1 is 1.64 bits per heavy atom. The van der Waals surface area contributed by atoms with Crippen molar-refractivity contribution < 1.29 is 8.78 Å². The van der Waals surface area contributed by atoms with Crippen molar-refractivity contribution in [1.82, 2.24) is 4.98 Å². The Labute approximate surface area is 79.0 Å². The highest BCUT2D eigenvalue weighted by atomic mass is 19.3. The number of nitrogens with zero attached hydrogens (tertiary/aromatic N) is 1. The zero-order valence-corrected chi connectivity index (χ0v) is 7.47.